The van der Waals surface area contributed by atoms with E-state index >= 15 is 0 Å². The van der Waals surface area contributed by atoms with Gasteiger partial charge in [0.25, 0.3) is 0 Å². The Morgan fingerprint density at radius 2 is 1.79 bits per heavy atom. The molecule has 0 atom stereocenters. The molecule has 0 fully saturated rings. The minimum Gasteiger partial charge on any atom is -0.378 e. The number of fused-ring (bicyclic) bond motifs is 1. The van der Waals surface area contributed by atoms with E-state index in [1.54, 1.807) is 0 Å². The Hall–Kier alpha value is -3.69. The highest BCUT2D eigenvalue weighted by atomic mass is 19.4. The van der Waals surface area contributed by atoms with Gasteiger partial charge in [-0.15, -0.1) is 10.2 Å². The zero-order valence-corrected chi connectivity index (χ0v) is 15.5. The van der Waals surface area contributed by atoms with E-state index in [1.165, 1.54) is 29.0 Å². The molecule has 0 aliphatic carbocycles. The van der Waals surface area contributed by atoms with E-state index in [4.69, 9.17) is 0 Å². The Labute approximate surface area is 163 Å². The highest BCUT2D eigenvalue weighted by Crippen LogP contribution is 2.35. The topological polar surface area (TPSA) is 71.2 Å². The smallest absolute Gasteiger partial charge is 0.378 e. The van der Waals surface area contributed by atoms with Gasteiger partial charge < -0.3 is 10.2 Å². The highest BCUT2D eigenvalue weighted by Gasteiger charge is 2.34. The van der Waals surface area contributed by atoms with Gasteiger partial charge in [0.15, 0.2) is 5.65 Å². The fraction of sp³-hybridized carbons (Fsp3) is 0.158. The number of aromatic nitrogens is 5. The maximum atomic E-state index is 13.3. The summed E-state index contributed by atoms with van der Waals surface area (Å²) in [7, 11) is 3.89. The summed E-state index contributed by atoms with van der Waals surface area (Å²) in [6.07, 6.45) is -1.90. The first kappa shape index (κ1) is 18.7. The molecule has 4 aromatic rings. The fourth-order valence-corrected chi connectivity index (χ4v) is 2.84. The minimum absolute atomic E-state index is 0.202. The summed E-state index contributed by atoms with van der Waals surface area (Å²) >= 11 is 0. The van der Waals surface area contributed by atoms with Crippen LogP contribution in [0.2, 0.25) is 0 Å². The van der Waals surface area contributed by atoms with Gasteiger partial charge in [0.2, 0.25) is 5.95 Å². The zero-order valence-electron chi connectivity index (χ0n) is 15.5. The van der Waals surface area contributed by atoms with Crippen LogP contribution in [-0.2, 0) is 6.18 Å². The average molecular weight is 399 g/mol. The Morgan fingerprint density at radius 1 is 1.03 bits per heavy atom. The van der Waals surface area contributed by atoms with Crippen molar-refractivity contribution in [3.8, 4) is 11.3 Å². The molecule has 0 saturated carbocycles. The van der Waals surface area contributed by atoms with Crippen molar-refractivity contribution in [3.05, 3.63) is 60.4 Å². The van der Waals surface area contributed by atoms with Gasteiger partial charge in [-0.3, -0.25) is 4.98 Å². The minimum atomic E-state index is -4.52. The Bertz CT molecular complexity index is 1150. The first-order valence-corrected chi connectivity index (χ1v) is 8.61. The van der Waals surface area contributed by atoms with Gasteiger partial charge in [-0.05, 0) is 42.5 Å². The molecule has 4 rings (SSSR count). The van der Waals surface area contributed by atoms with Crippen LogP contribution in [0, 0.1) is 0 Å². The molecule has 0 aliphatic heterocycles. The van der Waals surface area contributed by atoms with Crippen LogP contribution in [0.25, 0.3) is 16.9 Å². The maximum Gasteiger partial charge on any atom is 0.418 e. The maximum absolute atomic E-state index is 13.3. The van der Waals surface area contributed by atoms with Crippen LogP contribution in [0.3, 0.4) is 0 Å². The lowest BCUT2D eigenvalue weighted by Gasteiger charge is -2.13. The number of hydrogen-bond acceptors (Lipinski definition) is 6. The lowest BCUT2D eigenvalue weighted by Crippen LogP contribution is -2.09. The van der Waals surface area contributed by atoms with Crippen molar-refractivity contribution >= 4 is 23.0 Å². The molecule has 0 bridgehead atoms. The third-order valence-electron chi connectivity index (χ3n) is 4.29. The van der Waals surface area contributed by atoms with Crippen LogP contribution >= 0.6 is 0 Å². The SMILES string of the molecule is CN(C)c1ccc(Nc2nnc3cc(-c4ncccc4C(F)(F)F)cnn23)cc1. The summed E-state index contributed by atoms with van der Waals surface area (Å²) in [5, 5.41) is 15.3. The molecule has 0 radical (unpaired) electrons. The Balaban J connectivity index is 1.67. The largest absolute Gasteiger partial charge is 0.418 e. The standard InChI is InChI=1S/C19H16F3N7/c1-28(2)14-7-5-13(6-8-14)25-18-27-26-16-10-12(11-24-29(16)18)17-15(19(20,21)22)4-3-9-23-17/h3-11H,1-2H3,(H,25,27). The third-order valence-corrected chi connectivity index (χ3v) is 4.29. The summed E-state index contributed by atoms with van der Waals surface area (Å²) in [6.45, 7) is 0. The molecule has 0 amide bonds. The van der Waals surface area contributed by atoms with Crippen molar-refractivity contribution < 1.29 is 13.2 Å². The van der Waals surface area contributed by atoms with E-state index < -0.39 is 11.7 Å². The number of pyridine rings is 1. The molecule has 0 spiro atoms. The Kier molecular flexibility index (Phi) is 4.53. The number of hydrogen-bond donors (Lipinski definition) is 1. The van der Waals surface area contributed by atoms with Gasteiger partial charge in [-0.25, -0.2) is 0 Å². The Morgan fingerprint density at radius 3 is 2.48 bits per heavy atom. The van der Waals surface area contributed by atoms with Crippen LogP contribution in [0.4, 0.5) is 30.5 Å². The summed E-state index contributed by atoms with van der Waals surface area (Å²) in [4.78, 5) is 5.86. The second kappa shape index (κ2) is 7.04. The molecule has 1 aromatic carbocycles. The molecule has 0 unspecified atom stereocenters. The molecule has 148 valence electrons. The van der Waals surface area contributed by atoms with Crippen molar-refractivity contribution in [1.82, 2.24) is 24.8 Å². The summed E-state index contributed by atoms with van der Waals surface area (Å²) < 4.78 is 41.2. The lowest BCUT2D eigenvalue weighted by molar-refractivity contribution is -0.137. The van der Waals surface area contributed by atoms with Gasteiger partial charge in [0.1, 0.15) is 0 Å². The normalized spacial score (nSPS) is 11.6. The zero-order chi connectivity index (χ0) is 20.6. The van der Waals surface area contributed by atoms with E-state index in [-0.39, 0.29) is 11.3 Å². The number of nitrogens with zero attached hydrogens (tertiary/aromatic N) is 6. The van der Waals surface area contributed by atoms with Crippen molar-refractivity contribution in [2.45, 2.75) is 6.18 Å². The summed E-state index contributed by atoms with van der Waals surface area (Å²) in [5.41, 5.74) is 1.30. The van der Waals surface area contributed by atoms with E-state index in [1.807, 2.05) is 43.3 Å². The predicted octanol–water partition coefficient (Wildman–Crippen LogP) is 4.01. The molecule has 3 heterocycles. The van der Waals surface area contributed by atoms with Crippen LogP contribution in [0.1, 0.15) is 5.56 Å². The quantitative estimate of drug-likeness (QED) is 0.559. The third kappa shape index (κ3) is 3.68. The second-order valence-corrected chi connectivity index (χ2v) is 6.50. The summed E-state index contributed by atoms with van der Waals surface area (Å²) in [6, 6.07) is 11.4. The molecular formula is C19H16F3N7. The molecular weight excluding hydrogens is 383 g/mol. The lowest BCUT2D eigenvalue weighted by atomic mass is 10.1. The molecule has 3 aromatic heterocycles. The van der Waals surface area contributed by atoms with E-state index in [0.717, 1.165) is 17.4 Å². The van der Waals surface area contributed by atoms with Crippen LogP contribution in [-0.4, -0.2) is 38.9 Å². The average Bonchev–Trinajstić information content (AvgIpc) is 3.10. The predicted molar refractivity (Wildman–Crippen MR) is 103 cm³/mol. The van der Waals surface area contributed by atoms with E-state index in [0.29, 0.717) is 11.6 Å². The van der Waals surface area contributed by atoms with Gasteiger partial charge in [-0.2, -0.15) is 22.8 Å². The van der Waals surface area contributed by atoms with E-state index in [2.05, 4.69) is 25.6 Å². The first-order valence-electron chi connectivity index (χ1n) is 8.61. The van der Waals surface area contributed by atoms with Crippen molar-refractivity contribution in [2.75, 3.05) is 24.3 Å². The molecule has 29 heavy (non-hydrogen) atoms. The molecule has 0 aliphatic rings. The fourth-order valence-electron chi connectivity index (χ4n) is 2.84. The number of anilines is 3. The first-order chi connectivity index (χ1) is 13.8. The van der Waals surface area contributed by atoms with Crippen LogP contribution < -0.4 is 10.2 Å². The molecule has 7 nitrogen and oxygen atoms in total. The number of rotatable bonds is 4. The van der Waals surface area contributed by atoms with Crippen LogP contribution in [0.5, 0.6) is 0 Å². The molecule has 0 saturated heterocycles. The van der Waals surface area contributed by atoms with Gasteiger partial charge in [0.05, 0.1) is 17.5 Å². The highest BCUT2D eigenvalue weighted by molar-refractivity contribution is 5.68. The van der Waals surface area contributed by atoms with Crippen LogP contribution in [0.15, 0.2) is 54.9 Å². The van der Waals surface area contributed by atoms with Crippen molar-refractivity contribution in [3.63, 3.8) is 0 Å². The summed E-state index contributed by atoms with van der Waals surface area (Å²) in [5.74, 6) is 0.348. The second-order valence-electron chi connectivity index (χ2n) is 6.50. The van der Waals surface area contributed by atoms with Gasteiger partial charge in [-0.1, -0.05) is 0 Å². The van der Waals surface area contributed by atoms with Crippen molar-refractivity contribution in [2.24, 2.45) is 0 Å². The monoisotopic (exact) mass is 399 g/mol. The van der Waals surface area contributed by atoms with Crippen molar-refractivity contribution in [1.29, 1.82) is 0 Å². The number of halogens is 3. The number of benzene rings is 1. The van der Waals surface area contributed by atoms with Gasteiger partial charge in [0, 0.05) is 37.2 Å². The molecule has 1 N–H and O–H groups in total. The number of alkyl halides is 3. The molecule has 10 heteroatoms. The van der Waals surface area contributed by atoms with Gasteiger partial charge >= 0.3 is 6.18 Å². The van der Waals surface area contributed by atoms with E-state index in [9.17, 15) is 13.2 Å². The number of nitrogens with one attached hydrogen (secondary N) is 1.